The zero-order valence-electron chi connectivity index (χ0n) is 9.72. The van der Waals surface area contributed by atoms with Gasteiger partial charge in [0.1, 0.15) is 0 Å². The van der Waals surface area contributed by atoms with Gasteiger partial charge >= 0.3 is 0 Å². The molecule has 4 fully saturated rings. The van der Waals surface area contributed by atoms with E-state index in [2.05, 4.69) is 39.8 Å². The van der Waals surface area contributed by atoms with Crippen molar-refractivity contribution in [1.82, 2.24) is 0 Å². The van der Waals surface area contributed by atoms with E-state index < -0.39 is 0 Å². The van der Waals surface area contributed by atoms with Gasteiger partial charge in [0.05, 0.1) is 0 Å². The van der Waals surface area contributed by atoms with Gasteiger partial charge < -0.3 is 0 Å². The van der Waals surface area contributed by atoms with E-state index in [4.69, 9.17) is 0 Å². The fourth-order valence-electron chi connectivity index (χ4n) is 5.77. The third kappa shape index (κ3) is 0.379. The highest BCUT2D eigenvalue weighted by Crippen LogP contribution is 3.18. The molecule has 4 saturated carbocycles. The summed E-state index contributed by atoms with van der Waals surface area (Å²) in [6.07, 6.45) is 7.89. The lowest BCUT2D eigenvalue weighted by molar-refractivity contribution is 0.196. The molecule has 1 spiro atoms. The summed E-state index contributed by atoms with van der Waals surface area (Å²) in [7, 11) is 0. The fraction of sp³-hybridized carbons (Fsp3) is 0.857. The first-order chi connectivity index (χ1) is 6.53. The highest BCUT2D eigenvalue weighted by Gasteiger charge is 3.14. The molecule has 6 atom stereocenters. The van der Waals surface area contributed by atoms with Crippen molar-refractivity contribution in [3.05, 3.63) is 12.2 Å². The molecule has 0 nitrogen and oxygen atoms in total. The van der Waals surface area contributed by atoms with Gasteiger partial charge in [0, 0.05) is 5.41 Å². The van der Waals surface area contributed by atoms with Gasteiger partial charge in [0.2, 0.25) is 0 Å². The van der Waals surface area contributed by atoms with E-state index in [9.17, 15) is 0 Å². The molecular weight excluding hydrogens is 168 g/mol. The summed E-state index contributed by atoms with van der Waals surface area (Å²) in [5, 5.41) is 0. The number of allylic oxidation sites excluding steroid dienone is 2. The van der Waals surface area contributed by atoms with Crippen LogP contribution in [0.3, 0.4) is 0 Å². The summed E-state index contributed by atoms with van der Waals surface area (Å²) in [5.74, 6) is 2.10. The van der Waals surface area contributed by atoms with Gasteiger partial charge in [0.25, 0.3) is 0 Å². The Balaban J connectivity index is 1.76. The van der Waals surface area contributed by atoms with Gasteiger partial charge in [-0.1, -0.05) is 32.9 Å². The SMILES string of the molecule is CC=CC12C3CC31C2(C)C1(C)CC1C. The minimum absolute atomic E-state index is 0.694. The van der Waals surface area contributed by atoms with E-state index in [0.29, 0.717) is 16.2 Å². The Bertz CT molecular complexity index is 381. The van der Waals surface area contributed by atoms with Crippen LogP contribution in [-0.2, 0) is 0 Å². The molecule has 0 N–H and O–H groups in total. The van der Waals surface area contributed by atoms with Crippen molar-refractivity contribution in [2.45, 2.75) is 40.5 Å². The molecule has 0 radical (unpaired) electrons. The second-order valence-corrected chi connectivity index (χ2v) is 6.74. The lowest BCUT2D eigenvalue weighted by Crippen LogP contribution is -2.24. The maximum absolute atomic E-state index is 2.58. The van der Waals surface area contributed by atoms with Crippen LogP contribution >= 0.6 is 0 Å². The zero-order valence-corrected chi connectivity index (χ0v) is 9.72. The average Bonchev–Trinajstić information content (AvgIpc) is 3.01. The molecule has 0 aromatic rings. The Morgan fingerprint density at radius 1 is 1.21 bits per heavy atom. The van der Waals surface area contributed by atoms with Crippen LogP contribution in [0.5, 0.6) is 0 Å². The van der Waals surface area contributed by atoms with E-state index >= 15 is 0 Å². The third-order valence-electron chi connectivity index (χ3n) is 7.05. The van der Waals surface area contributed by atoms with Gasteiger partial charge in [-0.05, 0) is 47.8 Å². The first kappa shape index (κ1) is 7.96. The summed E-state index contributed by atoms with van der Waals surface area (Å²) in [4.78, 5) is 0. The van der Waals surface area contributed by atoms with Crippen LogP contribution < -0.4 is 0 Å². The summed E-state index contributed by atoms with van der Waals surface area (Å²) in [6.45, 7) is 9.76. The van der Waals surface area contributed by atoms with Gasteiger partial charge in [0.15, 0.2) is 0 Å². The van der Waals surface area contributed by atoms with Gasteiger partial charge in [-0.25, -0.2) is 0 Å². The Hall–Kier alpha value is -0.260. The molecule has 0 bridgehead atoms. The third-order valence-corrected chi connectivity index (χ3v) is 7.05. The van der Waals surface area contributed by atoms with Crippen LogP contribution in [-0.4, -0.2) is 0 Å². The molecule has 0 amide bonds. The molecule has 76 valence electrons. The lowest BCUT2D eigenvalue weighted by Gasteiger charge is -2.29. The van der Waals surface area contributed by atoms with Crippen molar-refractivity contribution >= 4 is 0 Å². The summed E-state index contributed by atoms with van der Waals surface area (Å²) in [6, 6.07) is 0. The van der Waals surface area contributed by atoms with Crippen molar-refractivity contribution in [2.24, 2.45) is 33.5 Å². The number of hydrogen-bond acceptors (Lipinski definition) is 0. The van der Waals surface area contributed by atoms with E-state index in [1.807, 2.05) is 0 Å². The number of hydrogen-bond donors (Lipinski definition) is 0. The Morgan fingerprint density at radius 2 is 1.86 bits per heavy atom. The standard InChI is InChI=1S/C14H20/c1-5-6-13-10-8-14(10,13)12(13,4)11(3)7-9(11)2/h5-6,9-10H,7-8H2,1-4H3. The predicted molar refractivity (Wildman–Crippen MR) is 57.8 cm³/mol. The van der Waals surface area contributed by atoms with Gasteiger partial charge in [-0.2, -0.15) is 0 Å². The molecule has 4 aliphatic rings. The van der Waals surface area contributed by atoms with E-state index in [1.165, 1.54) is 6.42 Å². The Labute approximate surface area is 86.8 Å². The maximum atomic E-state index is 2.58. The van der Waals surface area contributed by atoms with Gasteiger partial charge in [-0.15, -0.1) is 0 Å². The van der Waals surface area contributed by atoms with Crippen LogP contribution in [0, 0.1) is 33.5 Å². The van der Waals surface area contributed by atoms with E-state index in [1.54, 1.807) is 6.42 Å². The summed E-state index contributed by atoms with van der Waals surface area (Å²) >= 11 is 0. The quantitative estimate of drug-likeness (QED) is 0.580. The van der Waals surface area contributed by atoms with Crippen LogP contribution in [0.1, 0.15) is 40.5 Å². The zero-order chi connectivity index (χ0) is 9.98. The Kier molecular flexibility index (Phi) is 0.877. The molecule has 0 aromatic heterocycles. The van der Waals surface area contributed by atoms with Crippen molar-refractivity contribution < 1.29 is 0 Å². The lowest BCUT2D eigenvalue weighted by atomic mass is 9.74. The van der Waals surface area contributed by atoms with Crippen LogP contribution in [0.2, 0.25) is 0 Å². The van der Waals surface area contributed by atoms with Crippen LogP contribution in [0.25, 0.3) is 0 Å². The van der Waals surface area contributed by atoms with Crippen LogP contribution in [0.4, 0.5) is 0 Å². The van der Waals surface area contributed by atoms with Crippen molar-refractivity contribution in [3.8, 4) is 0 Å². The Morgan fingerprint density at radius 3 is 2.21 bits per heavy atom. The summed E-state index contributed by atoms with van der Waals surface area (Å²) < 4.78 is 0. The topological polar surface area (TPSA) is 0 Å². The molecule has 0 aliphatic heterocycles. The number of fused-ring (bicyclic) bond motifs is 1. The maximum Gasteiger partial charge on any atom is 0.00459 e. The molecule has 0 aromatic carbocycles. The summed E-state index contributed by atoms with van der Waals surface area (Å²) in [5.41, 5.74) is 2.92. The smallest absolute Gasteiger partial charge is 0.00459 e. The second kappa shape index (κ2) is 1.54. The molecule has 6 unspecified atom stereocenters. The first-order valence-corrected chi connectivity index (χ1v) is 6.17. The van der Waals surface area contributed by atoms with Gasteiger partial charge in [-0.3, -0.25) is 0 Å². The molecule has 0 saturated heterocycles. The fourth-order valence-corrected chi connectivity index (χ4v) is 5.77. The molecule has 14 heavy (non-hydrogen) atoms. The van der Waals surface area contributed by atoms with Crippen molar-refractivity contribution in [1.29, 1.82) is 0 Å². The molecule has 4 rings (SSSR count). The first-order valence-electron chi connectivity index (χ1n) is 6.17. The average molecular weight is 188 g/mol. The van der Waals surface area contributed by atoms with E-state index in [-0.39, 0.29) is 0 Å². The van der Waals surface area contributed by atoms with Crippen molar-refractivity contribution in [2.75, 3.05) is 0 Å². The minimum Gasteiger partial charge on any atom is -0.0911 e. The highest BCUT2D eigenvalue weighted by atomic mass is 15.2. The van der Waals surface area contributed by atoms with E-state index in [0.717, 1.165) is 17.3 Å². The largest absolute Gasteiger partial charge is 0.0911 e. The molecule has 4 aliphatic carbocycles. The predicted octanol–water partition coefficient (Wildman–Crippen LogP) is 3.63. The van der Waals surface area contributed by atoms with Crippen molar-refractivity contribution in [3.63, 3.8) is 0 Å². The van der Waals surface area contributed by atoms with Crippen LogP contribution in [0.15, 0.2) is 12.2 Å². The molecule has 0 heteroatoms. The molecular formula is C14H20. The number of rotatable bonds is 2. The highest BCUT2D eigenvalue weighted by molar-refractivity contribution is 5.65. The minimum atomic E-state index is 0.694. The monoisotopic (exact) mass is 188 g/mol. The molecule has 0 heterocycles. The normalized spacial score (nSPS) is 76.9. The second-order valence-electron chi connectivity index (χ2n) is 6.74.